The van der Waals surface area contributed by atoms with Crippen LogP contribution in [0.3, 0.4) is 0 Å². The third kappa shape index (κ3) is 3.55. The van der Waals surface area contributed by atoms with E-state index in [-0.39, 0.29) is 33.7 Å². The molecular formula is C16H28N2O2S. The molecule has 2 saturated heterocycles. The average Bonchev–Trinajstić information content (AvgIpc) is 2.72. The molecule has 0 bridgehead atoms. The highest BCUT2D eigenvalue weighted by Gasteiger charge is 2.53. The summed E-state index contributed by atoms with van der Waals surface area (Å²) in [5, 5.41) is 3.16. The van der Waals surface area contributed by atoms with Crippen LogP contribution in [0.25, 0.3) is 0 Å². The van der Waals surface area contributed by atoms with Crippen molar-refractivity contribution >= 4 is 23.6 Å². The summed E-state index contributed by atoms with van der Waals surface area (Å²) in [7, 11) is 0. The van der Waals surface area contributed by atoms with Gasteiger partial charge in [-0.3, -0.25) is 9.59 Å². The van der Waals surface area contributed by atoms with Gasteiger partial charge >= 0.3 is 0 Å². The van der Waals surface area contributed by atoms with Crippen LogP contribution in [0.15, 0.2) is 0 Å². The highest BCUT2D eigenvalue weighted by atomic mass is 32.2. The molecule has 0 aliphatic carbocycles. The van der Waals surface area contributed by atoms with Crippen molar-refractivity contribution in [2.45, 2.75) is 77.3 Å². The number of carbonyl (C=O) groups is 2. The van der Waals surface area contributed by atoms with E-state index in [1.807, 2.05) is 4.90 Å². The van der Waals surface area contributed by atoms with Crippen molar-refractivity contribution < 1.29 is 9.59 Å². The SMILES string of the molecule is CC(C)(C)CC(C)(C)NC(=O)[C@H]1CS[C@]2(C)CCC(=O)N12. The largest absolute Gasteiger partial charge is 0.349 e. The molecule has 2 amide bonds. The van der Waals surface area contributed by atoms with Crippen molar-refractivity contribution in [2.75, 3.05) is 5.75 Å². The molecule has 5 heteroatoms. The fourth-order valence-electron chi connectivity index (χ4n) is 3.80. The fraction of sp³-hybridized carbons (Fsp3) is 0.875. The van der Waals surface area contributed by atoms with E-state index in [0.29, 0.717) is 12.2 Å². The second-order valence-electron chi connectivity index (χ2n) is 8.38. The van der Waals surface area contributed by atoms with Crippen molar-refractivity contribution in [3.8, 4) is 0 Å². The van der Waals surface area contributed by atoms with Gasteiger partial charge in [-0.15, -0.1) is 11.8 Å². The maximum absolute atomic E-state index is 12.7. The molecule has 1 N–H and O–H groups in total. The topological polar surface area (TPSA) is 49.4 Å². The molecule has 0 aromatic rings. The van der Waals surface area contributed by atoms with Crippen LogP contribution >= 0.6 is 11.8 Å². The summed E-state index contributed by atoms with van der Waals surface area (Å²) in [6.45, 7) is 12.7. The Labute approximate surface area is 132 Å². The average molecular weight is 312 g/mol. The zero-order valence-electron chi connectivity index (χ0n) is 14.1. The van der Waals surface area contributed by atoms with Crippen LogP contribution in [0.1, 0.15) is 60.8 Å². The standard InChI is InChI=1S/C16H28N2O2S/c1-14(2,3)10-15(4,5)17-13(20)11-9-21-16(6)8-7-12(19)18(11)16/h11H,7-10H2,1-6H3,(H,17,20)/t11-,16-/m1/s1. The Hall–Kier alpha value is -0.710. The van der Waals surface area contributed by atoms with Crippen LogP contribution in [0.2, 0.25) is 0 Å². The Balaban J connectivity index is 2.06. The van der Waals surface area contributed by atoms with Gasteiger partial charge in [0.1, 0.15) is 6.04 Å². The van der Waals surface area contributed by atoms with E-state index >= 15 is 0 Å². The van der Waals surface area contributed by atoms with Gasteiger partial charge < -0.3 is 10.2 Å². The molecule has 2 atom stereocenters. The lowest BCUT2D eigenvalue weighted by atomic mass is 9.81. The number of nitrogens with one attached hydrogen (secondary N) is 1. The lowest BCUT2D eigenvalue weighted by molar-refractivity contribution is -0.138. The number of nitrogens with zero attached hydrogens (tertiary/aromatic N) is 1. The molecule has 0 spiro atoms. The first kappa shape index (κ1) is 16.7. The lowest BCUT2D eigenvalue weighted by Gasteiger charge is -2.36. The van der Waals surface area contributed by atoms with Gasteiger partial charge in [0, 0.05) is 17.7 Å². The van der Waals surface area contributed by atoms with Crippen molar-refractivity contribution in [3.63, 3.8) is 0 Å². The molecule has 2 fully saturated rings. The zero-order chi connectivity index (χ0) is 16.1. The zero-order valence-corrected chi connectivity index (χ0v) is 14.9. The second-order valence-corrected chi connectivity index (χ2v) is 9.88. The molecule has 4 nitrogen and oxygen atoms in total. The quantitative estimate of drug-likeness (QED) is 0.872. The normalized spacial score (nSPS) is 29.7. The molecule has 2 aliphatic heterocycles. The van der Waals surface area contributed by atoms with E-state index < -0.39 is 0 Å². The maximum atomic E-state index is 12.7. The van der Waals surface area contributed by atoms with E-state index in [1.54, 1.807) is 11.8 Å². The first-order valence-electron chi connectivity index (χ1n) is 7.72. The minimum atomic E-state index is -0.311. The van der Waals surface area contributed by atoms with E-state index in [9.17, 15) is 9.59 Å². The third-order valence-corrected chi connectivity index (χ3v) is 5.69. The summed E-state index contributed by atoms with van der Waals surface area (Å²) in [6.07, 6.45) is 2.32. The molecule has 0 radical (unpaired) electrons. The van der Waals surface area contributed by atoms with Crippen molar-refractivity contribution in [1.29, 1.82) is 0 Å². The highest BCUT2D eigenvalue weighted by Crippen LogP contribution is 2.47. The fourth-order valence-corrected chi connectivity index (χ4v) is 5.23. The van der Waals surface area contributed by atoms with Crippen molar-refractivity contribution in [2.24, 2.45) is 5.41 Å². The van der Waals surface area contributed by atoms with Gasteiger partial charge in [-0.05, 0) is 39.0 Å². The van der Waals surface area contributed by atoms with Crippen LogP contribution in [0.5, 0.6) is 0 Å². The summed E-state index contributed by atoms with van der Waals surface area (Å²) in [5.41, 5.74) is -0.110. The Morgan fingerprint density at radius 2 is 2.00 bits per heavy atom. The molecule has 0 aromatic carbocycles. The van der Waals surface area contributed by atoms with Gasteiger partial charge in [-0.25, -0.2) is 0 Å². The minimum absolute atomic E-state index is 0.00396. The van der Waals surface area contributed by atoms with Gasteiger partial charge in [-0.1, -0.05) is 20.8 Å². The van der Waals surface area contributed by atoms with Gasteiger partial charge in [0.25, 0.3) is 0 Å². The minimum Gasteiger partial charge on any atom is -0.349 e. The molecular weight excluding hydrogens is 284 g/mol. The van der Waals surface area contributed by atoms with Gasteiger partial charge in [0.15, 0.2) is 0 Å². The predicted molar refractivity (Wildman–Crippen MR) is 87.0 cm³/mol. The van der Waals surface area contributed by atoms with Gasteiger partial charge in [0.2, 0.25) is 11.8 Å². The number of rotatable bonds is 3. The van der Waals surface area contributed by atoms with Crippen LogP contribution in [-0.2, 0) is 9.59 Å². The molecule has 2 heterocycles. The predicted octanol–water partition coefficient (Wildman–Crippen LogP) is 2.77. The Kier molecular flexibility index (Phi) is 4.11. The Morgan fingerprint density at radius 1 is 1.38 bits per heavy atom. The second kappa shape index (κ2) is 5.18. The van der Waals surface area contributed by atoms with Crippen LogP contribution < -0.4 is 5.32 Å². The summed E-state index contributed by atoms with van der Waals surface area (Å²) < 4.78 is 0. The summed E-state index contributed by atoms with van der Waals surface area (Å²) in [5.74, 6) is 0.826. The van der Waals surface area contributed by atoms with Crippen molar-refractivity contribution in [3.05, 3.63) is 0 Å². The number of thioether (sulfide) groups is 1. The smallest absolute Gasteiger partial charge is 0.244 e. The monoisotopic (exact) mass is 312 g/mol. The van der Waals surface area contributed by atoms with E-state index in [4.69, 9.17) is 0 Å². The van der Waals surface area contributed by atoms with E-state index in [0.717, 1.165) is 12.8 Å². The number of hydrogen-bond acceptors (Lipinski definition) is 3. The number of fused-ring (bicyclic) bond motifs is 1. The summed E-state index contributed by atoms with van der Waals surface area (Å²) in [6, 6.07) is -0.311. The number of hydrogen-bond donors (Lipinski definition) is 1. The molecule has 0 unspecified atom stereocenters. The molecule has 0 aromatic heterocycles. The van der Waals surface area contributed by atoms with E-state index in [1.165, 1.54) is 0 Å². The Bertz CT molecular complexity index is 456. The highest BCUT2D eigenvalue weighted by molar-refractivity contribution is 8.01. The maximum Gasteiger partial charge on any atom is 0.244 e. The van der Waals surface area contributed by atoms with Gasteiger partial charge in [0.05, 0.1) is 4.87 Å². The third-order valence-electron chi connectivity index (χ3n) is 4.18. The summed E-state index contributed by atoms with van der Waals surface area (Å²) >= 11 is 1.74. The summed E-state index contributed by atoms with van der Waals surface area (Å²) in [4.78, 5) is 26.4. The molecule has 120 valence electrons. The number of amides is 2. The van der Waals surface area contributed by atoms with E-state index in [2.05, 4.69) is 46.9 Å². The van der Waals surface area contributed by atoms with Crippen molar-refractivity contribution in [1.82, 2.24) is 10.2 Å². The first-order valence-corrected chi connectivity index (χ1v) is 8.70. The molecule has 21 heavy (non-hydrogen) atoms. The van der Waals surface area contributed by atoms with Crippen LogP contribution in [0.4, 0.5) is 0 Å². The lowest BCUT2D eigenvalue weighted by Crippen LogP contribution is -2.55. The Morgan fingerprint density at radius 3 is 2.57 bits per heavy atom. The van der Waals surface area contributed by atoms with Crippen LogP contribution in [0, 0.1) is 5.41 Å². The van der Waals surface area contributed by atoms with Crippen LogP contribution in [-0.4, -0.2) is 38.9 Å². The number of carbonyl (C=O) groups excluding carboxylic acids is 2. The molecule has 2 rings (SSSR count). The van der Waals surface area contributed by atoms with Gasteiger partial charge in [-0.2, -0.15) is 0 Å². The first-order chi connectivity index (χ1) is 9.44. The molecule has 0 saturated carbocycles. The molecule has 2 aliphatic rings.